The molecule has 2 heterocycles. The molecule has 8 nitrogen and oxygen atoms in total. The molecule has 1 aromatic heterocycles. The fourth-order valence-corrected chi connectivity index (χ4v) is 2.23. The topological polar surface area (TPSA) is 134 Å². The summed E-state index contributed by atoms with van der Waals surface area (Å²) in [6.45, 7) is -0.748. The van der Waals surface area contributed by atoms with E-state index in [1.54, 1.807) is 6.07 Å². The molecule has 9 heteroatoms. The van der Waals surface area contributed by atoms with E-state index in [1.165, 1.54) is 12.3 Å². The standard InChI is InChI=1S/C10H11ClN4O4/c11-6-7(17)10(3-12,4-16)19-8(6)15-2-1-5(13)14-9(15)18/h1-2,6-8,16-17H,4H2,(H2,13,14,18)/t6-,7+,8-,10-/m1/s1. The van der Waals surface area contributed by atoms with E-state index in [4.69, 9.17) is 27.3 Å². The number of nitrogen functional groups attached to an aromatic ring is 1. The first kappa shape index (κ1) is 13.8. The van der Waals surface area contributed by atoms with Gasteiger partial charge in [0.2, 0.25) is 5.60 Å². The average molecular weight is 287 g/mol. The summed E-state index contributed by atoms with van der Waals surface area (Å²) in [5.74, 6) is 0.0274. The summed E-state index contributed by atoms with van der Waals surface area (Å²) in [5.41, 5.74) is 2.76. The lowest BCUT2D eigenvalue weighted by atomic mass is 9.99. The Balaban J connectivity index is 2.43. The monoisotopic (exact) mass is 286 g/mol. The summed E-state index contributed by atoms with van der Waals surface area (Å²) in [6, 6.07) is 3.02. The Morgan fingerprint density at radius 2 is 2.42 bits per heavy atom. The van der Waals surface area contributed by atoms with Gasteiger partial charge < -0.3 is 20.7 Å². The van der Waals surface area contributed by atoms with Crippen molar-refractivity contribution in [2.75, 3.05) is 12.3 Å². The summed E-state index contributed by atoms with van der Waals surface area (Å²) >= 11 is 5.96. The van der Waals surface area contributed by atoms with Gasteiger partial charge in [-0.3, -0.25) is 4.57 Å². The SMILES string of the molecule is N#C[C@]1(CO)O[C@@H](n2ccc(N)nc2=O)[C@H](Cl)[C@@H]1O. The lowest BCUT2D eigenvalue weighted by molar-refractivity contribution is -0.0924. The molecular formula is C10H11ClN4O4. The number of aromatic nitrogens is 2. The van der Waals surface area contributed by atoms with Crippen LogP contribution < -0.4 is 11.4 Å². The number of halogens is 1. The molecule has 0 aromatic carbocycles. The first-order valence-electron chi connectivity index (χ1n) is 5.32. The molecule has 2 rings (SSSR count). The number of rotatable bonds is 2. The van der Waals surface area contributed by atoms with Crippen LogP contribution >= 0.6 is 11.6 Å². The molecule has 0 spiro atoms. The highest BCUT2D eigenvalue weighted by Gasteiger charge is 2.55. The van der Waals surface area contributed by atoms with Crippen molar-refractivity contribution in [3.8, 4) is 6.07 Å². The minimum absolute atomic E-state index is 0.0274. The molecular weight excluding hydrogens is 276 g/mol. The van der Waals surface area contributed by atoms with E-state index in [-0.39, 0.29) is 5.82 Å². The van der Waals surface area contributed by atoms with Crippen molar-refractivity contribution >= 4 is 17.4 Å². The third-order valence-corrected chi connectivity index (χ3v) is 3.39. The fourth-order valence-electron chi connectivity index (χ4n) is 1.85. The highest BCUT2D eigenvalue weighted by atomic mass is 35.5. The third kappa shape index (κ3) is 2.06. The van der Waals surface area contributed by atoms with E-state index >= 15 is 0 Å². The molecule has 1 aromatic rings. The molecule has 102 valence electrons. The molecule has 1 fully saturated rings. The van der Waals surface area contributed by atoms with E-state index in [2.05, 4.69) is 4.98 Å². The van der Waals surface area contributed by atoms with Crippen LogP contribution in [0.25, 0.3) is 0 Å². The zero-order chi connectivity index (χ0) is 14.2. The Morgan fingerprint density at radius 3 is 2.89 bits per heavy atom. The molecule has 1 aliphatic heterocycles. The molecule has 0 bridgehead atoms. The Bertz CT molecular complexity index is 586. The van der Waals surface area contributed by atoms with Crippen LogP contribution in [0.1, 0.15) is 6.23 Å². The van der Waals surface area contributed by atoms with Crippen molar-refractivity contribution in [3.63, 3.8) is 0 Å². The number of anilines is 1. The van der Waals surface area contributed by atoms with Gasteiger partial charge in [-0.05, 0) is 6.07 Å². The maximum absolute atomic E-state index is 11.7. The number of nitrogens with zero attached hydrogens (tertiary/aromatic N) is 3. The number of nitriles is 1. The number of aliphatic hydroxyl groups excluding tert-OH is 2. The van der Waals surface area contributed by atoms with Crippen molar-refractivity contribution in [1.29, 1.82) is 5.26 Å². The molecule has 1 aliphatic rings. The van der Waals surface area contributed by atoms with Crippen molar-refractivity contribution in [1.82, 2.24) is 9.55 Å². The summed E-state index contributed by atoms with van der Waals surface area (Å²) in [6.07, 6.45) is -1.27. The highest BCUT2D eigenvalue weighted by Crippen LogP contribution is 2.39. The van der Waals surface area contributed by atoms with Crippen molar-refractivity contribution in [3.05, 3.63) is 22.7 Å². The van der Waals surface area contributed by atoms with Crippen LogP contribution in [0.4, 0.5) is 5.82 Å². The van der Waals surface area contributed by atoms with Crippen LogP contribution in [0, 0.1) is 11.3 Å². The fraction of sp³-hybridized carbons (Fsp3) is 0.500. The van der Waals surface area contributed by atoms with Gasteiger partial charge in [0.15, 0.2) is 6.23 Å². The van der Waals surface area contributed by atoms with E-state index in [1.807, 2.05) is 0 Å². The number of alkyl halides is 1. The van der Waals surface area contributed by atoms with Gasteiger partial charge in [-0.1, -0.05) is 0 Å². The number of aliphatic hydroxyl groups is 2. The highest BCUT2D eigenvalue weighted by molar-refractivity contribution is 6.21. The average Bonchev–Trinajstić information content (AvgIpc) is 2.64. The van der Waals surface area contributed by atoms with E-state index in [9.17, 15) is 15.0 Å². The van der Waals surface area contributed by atoms with Crippen molar-refractivity contribution in [2.24, 2.45) is 0 Å². The zero-order valence-electron chi connectivity index (χ0n) is 9.60. The Labute approximate surface area is 112 Å². The molecule has 0 aliphatic carbocycles. The van der Waals surface area contributed by atoms with Gasteiger partial charge in [0.25, 0.3) is 0 Å². The minimum atomic E-state index is -1.86. The molecule has 4 N–H and O–H groups in total. The first-order valence-corrected chi connectivity index (χ1v) is 5.75. The van der Waals surface area contributed by atoms with Gasteiger partial charge in [-0.25, -0.2) is 4.79 Å². The van der Waals surface area contributed by atoms with Crippen molar-refractivity contribution < 1.29 is 14.9 Å². The number of ether oxygens (including phenoxy) is 1. The molecule has 0 saturated carbocycles. The Morgan fingerprint density at radius 1 is 1.74 bits per heavy atom. The largest absolute Gasteiger partial charge is 0.392 e. The van der Waals surface area contributed by atoms with Crippen LogP contribution in [0.15, 0.2) is 17.1 Å². The Kier molecular flexibility index (Phi) is 3.47. The number of hydrogen-bond donors (Lipinski definition) is 3. The number of nitrogens with two attached hydrogens (primary N) is 1. The van der Waals surface area contributed by atoms with Crippen LogP contribution in [-0.4, -0.2) is 43.5 Å². The number of hydrogen-bond acceptors (Lipinski definition) is 7. The zero-order valence-corrected chi connectivity index (χ0v) is 10.4. The molecule has 4 atom stereocenters. The molecule has 0 amide bonds. The molecule has 0 radical (unpaired) electrons. The van der Waals surface area contributed by atoms with Crippen LogP contribution in [0.5, 0.6) is 0 Å². The summed E-state index contributed by atoms with van der Waals surface area (Å²) in [4.78, 5) is 15.2. The normalized spacial score (nSPS) is 34.1. The molecule has 1 saturated heterocycles. The Hall–Kier alpha value is -1.66. The smallest absolute Gasteiger partial charge is 0.351 e. The van der Waals surface area contributed by atoms with Crippen molar-refractivity contribution in [2.45, 2.75) is 23.3 Å². The van der Waals surface area contributed by atoms with Gasteiger partial charge in [-0.15, -0.1) is 11.6 Å². The lowest BCUT2D eigenvalue weighted by Gasteiger charge is -2.21. The first-order chi connectivity index (χ1) is 8.95. The van der Waals surface area contributed by atoms with Crippen LogP contribution in [0.3, 0.4) is 0 Å². The lowest BCUT2D eigenvalue weighted by Crippen LogP contribution is -2.43. The van der Waals surface area contributed by atoms with Gasteiger partial charge in [0.05, 0.1) is 6.61 Å². The molecule has 0 unspecified atom stereocenters. The maximum Gasteiger partial charge on any atom is 0.351 e. The van der Waals surface area contributed by atoms with E-state index < -0.39 is 35.6 Å². The third-order valence-electron chi connectivity index (χ3n) is 2.93. The van der Waals surface area contributed by atoms with E-state index in [0.29, 0.717) is 0 Å². The second-order valence-electron chi connectivity index (χ2n) is 4.10. The van der Waals surface area contributed by atoms with Gasteiger partial charge in [-0.2, -0.15) is 10.2 Å². The second-order valence-corrected chi connectivity index (χ2v) is 4.60. The van der Waals surface area contributed by atoms with Gasteiger partial charge in [0.1, 0.15) is 23.4 Å². The van der Waals surface area contributed by atoms with Gasteiger partial charge >= 0.3 is 5.69 Å². The maximum atomic E-state index is 11.7. The second kappa shape index (κ2) is 4.79. The predicted molar refractivity (Wildman–Crippen MR) is 64.1 cm³/mol. The summed E-state index contributed by atoms with van der Waals surface area (Å²) in [5, 5.41) is 27.0. The van der Waals surface area contributed by atoms with Gasteiger partial charge in [0, 0.05) is 6.20 Å². The van der Waals surface area contributed by atoms with E-state index in [0.717, 1.165) is 4.57 Å². The van der Waals surface area contributed by atoms with Crippen LogP contribution in [-0.2, 0) is 4.74 Å². The summed E-state index contributed by atoms with van der Waals surface area (Å²) in [7, 11) is 0. The predicted octanol–water partition coefficient (Wildman–Crippen LogP) is -1.42. The van der Waals surface area contributed by atoms with Crippen LogP contribution in [0.2, 0.25) is 0 Å². The molecule has 19 heavy (non-hydrogen) atoms. The quantitative estimate of drug-likeness (QED) is 0.568. The minimum Gasteiger partial charge on any atom is -0.392 e. The summed E-state index contributed by atoms with van der Waals surface area (Å²) < 4.78 is 6.27.